The summed E-state index contributed by atoms with van der Waals surface area (Å²) < 4.78 is 36.7. The molecule has 0 spiro atoms. The molecule has 14 heavy (non-hydrogen) atoms. The van der Waals surface area contributed by atoms with Gasteiger partial charge in [0.25, 0.3) is 6.43 Å². The number of hydrogen-bond acceptors (Lipinski definition) is 1. The molecule has 1 aromatic rings. The van der Waals surface area contributed by atoms with Crippen LogP contribution in [0.4, 0.5) is 13.2 Å². The fourth-order valence-corrected chi connectivity index (χ4v) is 1.18. The summed E-state index contributed by atoms with van der Waals surface area (Å²) in [5.41, 5.74) is 0.499. The SMILES string of the molecule is CC(c1ccc(F)cc1)C(O)C(F)F. The summed E-state index contributed by atoms with van der Waals surface area (Å²) in [6, 6.07) is 5.16. The monoisotopic (exact) mass is 204 g/mol. The molecule has 0 fully saturated rings. The van der Waals surface area contributed by atoms with E-state index in [4.69, 9.17) is 5.11 Å². The van der Waals surface area contributed by atoms with Crippen molar-refractivity contribution in [2.45, 2.75) is 25.4 Å². The third-order valence-electron chi connectivity index (χ3n) is 2.17. The average molecular weight is 204 g/mol. The number of benzene rings is 1. The molecule has 2 unspecified atom stereocenters. The lowest BCUT2D eigenvalue weighted by Gasteiger charge is -2.18. The molecule has 4 heteroatoms. The smallest absolute Gasteiger partial charge is 0.264 e. The number of halogens is 3. The van der Waals surface area contributed by atoms with E-state index in [9.17, 15) is 13.2 Å². The van der Waals surface area contributed by atoms with Gasteiger partial charge in [-0.2, -0.15) is 0 Å². The average Bonchev–Trinajstić information content (AvgIpc) is 2.16. The van der Waals surface area contributed by atoms with E-state index >= 15 is 0 Å². The van der Waals surface area contributed by atoms with Gasteiger partial charge >= 0.3 is 0 Å². The second-order valence-corrected chi connectivity index (χ2v) is 3.17. The lowest BCUT2D eigenvalue weighted by Crippen LogP contribution is -2.24. The Morgan fingerprint density at radius 2 is 1.64 bits per heavy atom. The van der Waals surface area contributed by atoms with Gasteiger partial charge in [-0.3, -0.25) is 0 Å². The van der Waals surface area contributed by atoms with E-state index in [0.717, 1.165) is 0 Å². The molecule has 0 radical (unpaired) electrons. The summed E-state index contributed by atoms with van der Waals surface area (Å²) in [7, 11) is 0. The van der Waals surface area contributed by atoms with Gasteiger partial charge in [0, 0.05) is 5.92 Å². The minimum absolute atomic E-state index is 0.424. The molecule has 78 valence electrons. The Balaban J connectivity index is 2.78. The molecule has 1 N–H and O–H groups in total. The Morgan fingerprint density at radius 1 is 1.14 bits per heavy atom. The van der Waals surface area contributed by atoms with Crippen molar-refractivity contribution in [2.75, 3.05) is 0 Å². The highest BCUT2D eigenvalue weighted by Gasteiger charge is 2.24. The molecule has 0 heterocycles. The molecule has 0 aliphatic rings. The zero-order chi connectivity index (χ0) is 10.7. The highest BCUT2D eigenvalue weighted by atomic mass is 19.3. The molecule has 0 saturated carbocycles. The van der Waals surface area contributed by atoms with Gasteiger partial charge in [-0.1, -0.05) is 19.1 Å². The van der Waals surface area contributed by atoms with Gasteiger partial charge in [0.1, 0.15) is 11.9 Å². The maximum atomic E-state index is 12.5. The number of aliphatic hydroxyl groups is 1. The van der Waals surface area contributed by atoms with Crippen molar-refractivity contribution >= 4 is 0 Å². The maximum Gasteiger partial charge on any atom is 0.264 e. The summed E-state index contributed by atoms with van der Waals surface area (Å²) in [4.78, 5) is 0. The van der Waals surface area contributed by atoms with E-state index in [1.807, 2.05) is 0 Å². The standard InChI is InChI=1S/C10H11F3O/c1-6(9(14)10(12)13)7-2-4-8(11)5-3-7/h2-6,9-10,14H,1H3. The summed E-state index contributed by atoms with van der Waals surface area (Å²) in [6.45, 7) is 1.48. The first kappa shape index (κ1) is 11.0. The third kappa shape index (κ3) is 2.48. The van der Waals surface area contributed by atoms with E-state index in [1.54, 1.807) is 0 Å². The molecular weight excluding hydrogens is 193 g/mol. The first-order valence-electron chi connectivity index (χ1n) is 4.24. The lowest BCUT2D eigenvalue weighted by molar-refractivity contribution is -0.0169. The Hall–Kier alpha value is -1.03. The van der Waals surface area contributed by atoms with Crippen molar-refractivity contribution < 1.29 is 18.3 Å². The van der Waals surface area contributed by atoms with Crippen LogP contribution in [0, 0.1) is 5.82 Å². The zero-order valence-corrected chi connectivity index (χ0v) is 7.62. The summed E-state index contributed by atoms with van der Waals surface area (Å²) in [5.74, 6) is -1.12. The van der Waals surface area contributed by atoms with Crippen molar-refractivity contribution in [3.8, 4) is 0 Å². The predicted molar refractivity (Wildman–Crippen MR) is 46.8 cm³/mol. The van der Waals surface area contributed by atoms with E-state index in [-0.39, 0.29) is 0 Å². The van der Waals surface area contributed by atoms with E-state index in [1.165, 1.54) is 31.2 Å². The number of aliphatic hydroxyl groups excluding tert-OH is 1. The van der Waals surface area contributed by atoms with Crippen LogP contribution in [0.1, 0.15) is 18.4 Å². The normalized spacial score (nSPS) is 15.6. The fourth-order valence-electron chi connectivity index (χ4n) is 1.18. The second-order valence-electron chi connectivity index (χ2n) is 3.17. The molecule has 0 saturated heterocycles. The highest BCUT2D eigenvalue weighted by molar-refractivity contribution is 5.21. The highest BCUT2D eigenvalue weighted by Crippen LogP contribution is 2.23. The molecule has 0 aliphatic heterocycles. The second kappa shape index (κ2) is 4.46. The van der Waals surface area contributed by atoms with Gasteiger partial charge in [-0.25, -0.2) is 13.2 Å². The van der Waals surface area contributed by atoms with Crippen LogP contribution in [0.3, 0.4) is 0 Å². The number of hydrogen-bond donors (Lipinski definition) is 1. The maximum absolute atomic E-state index is 12.5. The van der Waals surface area contributed by atoms with Crippen LogP contribution in [-0.2, 0) is 0 Å². The lowest BCUT2D eigenvalue weighted by atomic mass is 9.96. The minimum Gasteiger partial charge on any atom is -0.387 e. The Kier molecular flexibility index (Phi) is 3.52. The molecule has 1 aromatic carbocycles. The first-order valence-corrected chi connectivity index (χ1v) is 4.24. The molecule has 1 rings (SSSR count). The van der Waals surface area contributed by atoms with Gasteiger partial charge < -0.3 is 5.11 Å². The van der Waals surface area contributed by atoms with Crippen LogP contribution in [-0.4, -0.2) is 17.6 Å². The summed E-state index contributed by atoms with van der Waals surface area (Å²) in [5, 5.41) is 9.07. The third-order valence-corrected chi connectivity index (χ3v) is 2.17. The van der Waals surface area contributed by atoms with Crippen LogP contribution in [0.25, 0.3) is 0 Å². The molecule has 2 atom stereocenters. The summed E-state index contributed by atoms with van der Waals surface area (Å²) in [6.07, 6.45) is -4.49. The first-order chi connectivity index (χ1) is 6.52. The van der Waals surface area contributed by atoms with Gasteiger partial charge in [-0.05, 0) is 17.7 Å². The van der Waals surface area contributed by atoms with Crippen molar-refractivity contribution in [3.05, 3.63) is 35.6 Å². The van der Waals surface area contributed by atoms with Crippen LogP contribution >= 0.6 is 0 Å². The topological polar surface area (TPSA) is 20.2 Å². The molecular formula is C10H11F3O. The van der Waals surface area contributed by atoms with Crippen LogP contribution in [0.2, 0.25) is 0 Å². The number of alkyl halides is 2. The largest absolute Gasteiger partial charge is 0.387 e. The predicted octanol–water partition coefficient (Wildman–Crippen LogP) is 2.56. The Labute approximate surface area is 80.2 Å². The molecule has 0 aliphatic carbocycles. The Bertz CT molecular complexity index is 284. The van der Waals surface area contributed by atoms with Crippen molar-refractivity contribution in [2.24, 2.45) is 0 Å². The fraction of sp³-hybridized carbons (Fsp3) is 0.400. The van der Waals surface area contributed by atoms with Crippen LogP contribution in [0.5, 0.6) is 0 Å². The van der Waals surface area contributed by atoms with Gasteiger partial charge in [0.15, 0.2) is 0 Å². The number of rotatable bonds is 3. The minimum atomic E-state index is -2.78. The molecule has 1 nitrogen and oxygen atoms in total. The van der Waals surface area contributed by atoms with Crippen molar-refractivity contribution in [3.63, 3.8) is 0 Å². The van der Waals surface area contributed by atoms with Crippen molar-refractivity contribution in [1.82, 2.24) is 0 Å². The van der Waals surface area contributed by atoms with Crippen molar-refractivity contribution in [1.29, 1.82) is 0 Å². The molecule has 0 amide bonds. The van der Waals surface area contributed by atoms with E-state index < -0.39 is 24.3 Å². The molecule has 0 bridgehead atoms. The van der Waals surface area contributed by atoms with Crippen LogP contribution in [0.15, 0.2) is 24.3 Å². The van der Waals surface area contributed by atoms with E-state index in [2.05, 4.69) is 0 Å². The summed E-state index contributed by atoms with van der Waals surface area (Å²) >= 11 is 0. The van der Waals surface area contributed by atoms with Gasteiger partial charge in [0.2, 0.25) is 0 Å². The van der Waals surface area contributed by atoms with Gasteiger partial charge in [-0.15, -0.1) is 0 Å². The molecule has 0 aromatic heterocycles. The van der Waals surface area contributed by atoms with Crippen LogP contribution < -0.4 is 0 Å². The Morgan fingerprint density at radius 3 is 2.07 bits per heavy atom. The zero-order valence-electron chi connectivity index (χ0n) is 7.62. The van der Waals surface area contributed by atoms with E-state index in [0.29, 0.717) is 5.56 Å². The van der Waals surface area contributed by atoms with Gasteiger partial charge in [0.05, 0.1) is 0 Å². The quantitative estimate of drug-likeness (QED) is 0.802.